The third kappa shape index (κ3) is 8.01. The molecule has 0 heterocycles. The Hall–Kier alpha value is -0.610. The van der Waals surface area contributed by atoms with Crippen molar-refractivity contribution in [2.24, 2.45) is 0 Å². The van der Waals surface area contributed by atoms with Crippen LogP contribution in [0.2, 0.25) is 0 Å². The van der Waals surface area contributed by atoms with Gasteiger partial charge >= 0.3 is 0 Å². The molecule has 0 aliphatic carbocycles. The SMILES string of the molecule is CCCC(O)CNC(=O)CNC(C)C. The number of nitrogens with one attached hydrogen (secondary N) is 2. The average molecular weight is 202 g/mol. The summed E-state index contributed by atoms with van der Waals surface area (Å²) in [5, 5.41) is 15.0. The van der Waals surface area contributed by atoms with Crippen LogP contribution in [0, 0.1) is 0 Å². The minimum Gasteiger partial charge on any atom is -0.391 e. The van der Waals surface area contributed by atoms with E-state index >= 15 is 0 Å². The second-order valence-electron chi connectivity index (χ2n) is 3.78. The first-order valence-electron chi connectivity index (χ1n) is 5.24. The van der Waals surface area contributed by atoms with E-state index in [0.29, 0.717) is 19.1 Å². The number of hydrogen-bond donors (Lipinski definition) is 3. The lowest BCUT2D eigenvalue weighted by atomic mass is 10.2. The number of carbonyl (C=O) groups excluding carboxylic acids is 1. The third-order valence-corrected chi connectivity index (χ3v) is 1.83. The zero-order valence-electron chi connectivity index (χ0n) is 9.34. The van der Waals surface area contributed by atoms with Gasteiger partial charge in [-0.3, -0.25) is 4.79 Å². The van der Waals surface area contributed by atoms with E-state index in [1.165, 1.54) is 0 Å². The molecular formula is C10H22N2O2. The molecule has 0 rings (SSSR count). The van der Waals surface area contributed by atoms with Gasteiger partial charge in [0.1, 0.15) is 0 Å². The van der Waals surface area contributed by atoms with Gasteiger partial charge in [-0.05, 0) is 6.42 Å². The van der Waals surface area contributed by atoms with Crippen LogP contribution >= 0.6 is 0 Å². The molecule has 0 aromatic heterocycles. The molecule has 1 unspecified atom stereocenters. The standard InChI is InChI=1S/C10H22N2O2/c1-4-5-9(13)6-12-10(14)7-11-8(2)3/h8-9,11,13H,4-7H2,1-3H3,(H,12,14). The highest BCUT2D eigenvalue weighted by atomic mass is 16.3. The number of hydrogen-bond acceptors (Lipinski definition) is 3. The first kappa shape index (κ1) is 13.4. The number of aliphatic hydroxyl groups excluding tert-OH is 1. The maximum atomic E-state index is 11.2. The second kappa shape index (κ2) is 7.76. The summed E-state index contributed by atoms with van der Waals surface area (Å²) in [5.74, 6) is -0.0612. The van der Waals surface area contributed by atoms with Gasteiger partial charge in [-0.1, -0.05) is 27.2 Å². The smallest absolute Gasteiger partial charge is 0.234 e. The molecule has 4 heteroatoms. The van der Waals surface area contributed by atoms with Crippen LogP contribution in [0.1, 0.15) is 33.6 Å². The van der Waals surface area contributed by atoms with Gasteiger partial charge < -0.3 is 15.7 Å². The molecule has 1 amide bonds. The molecule has 0 spiro atoms. The molecule has 3 N–H and O–H groups in total. The Balaban J connectivity index is 3.43. The Kier molecular flexibility index (Phi) is 7.42. The predicted molar refractivity (Wildman–Crippen MR) is 57.1 cm³/mol. The highest BCUT2D eigenvalue weighted by Gasteiger charge is 2.05. The van der Waals surface area contributed by atoms with Crippen LogP contribution in [0.3, 0.4) is 0 Å². The number of rotatable bonds is 7. The summed E-state index contributed by atoms with van der Waals surface area (Å²) in [4.78, 5) is 11.2. The van der Waals surface area contributed by atoms with Crippen molar-refractivity contribution in [2.45, 2.75) is 45.8 Å². The van der Waals surface area contributed by atoms with Gasteiger partial charge in [-0.2, -0.15) is 0 Å². The van der Waals surface area contributed by atoms with Crippen LogP contribution < -0.4 is 10.6 Å². The van der Waals surface area contributed by atoms with Crippen molar-refractivity contribution in [1.29, 1.82) is 0 Å². The Labute approximate surface area is 86.1 Å². The van der Waals surface area contributed by atoms with E-state index in [9.17, 15) is 9.90 Å². The molecular weight excluding hydrogens is 180 g/mol. The van der Waals surface area contributed by atoms with Crippen molar-refractivity contribution >= 4 is 5.91 Å². The monoisotopic (exact) mass is 202 g/mol. The minimum atomic E-state index is -0.414. The summed E-state index contributed by atoms with van der Waals surface area (Å²) in [6.45, 7) is 6.65. The normalized spacial score (nSPS) is 12.9. The fourth-order valence-electron chi connectivity index (χ4n) is 1.03. The summed E-state index contributed by atoms with van der Waals surface area (Å²) in [6, 6.07) is 0.307. The Bertz CT molecular complexity index is 160. The molecule has 0 aromatic rings. The van der Waals surface area contributed by atoms with E-state index in [0.717, 1.165) is 12.8 Å². The summed E-state index contributed by atoms with van der Waals surface area (Å²) < 4.78 is 0. The van der Waals surface area contributed by atoms with Crippen LogP contribution in [0.4, 0.5) is 0 Å². The molecule has 0 bridgehead atoms. The molecule has 14 heavy (non-hydrogen) atoms. The van der Waals surface area contributed by atoms with Crippen LogP contribution in [0.15, 0.2) is 0 Å². The lowest BCUT2D eigenvalue weighted by molar-refractivity contribution is -0.120. The molecule has 0 saturated heterocycles. The lowest BCUT2D eigenvalue weighted by Crippen LogP contribution is -2.40. The highest BCUT2D eigenvalue weighted by Crippen LogP contribution is 1.93. The average Bonchev–Trinajstić information content (AvgIpc) is 2.12. The topological polar surface area (TPSA) is 61.4 Å². The molecule has 0 aliphatic heterocycles. The van der Waals surface area contributed by atoms with Gasteiger partial charge in [0.2, 0.25) is 5.91 Å². The van der Waals surface area contributed by atoms with Crippen LogP contribution in [-0.2, 0) is 4.79 Å². The second-order valence-corrected chi connectivity index (χ2v) is 3.78. The zero-order valence-corrected chi connectivity index (χ0v) is 9.34. The van der Waals surface area contributed by atoms with E-state index in [1.807, 2.05) is 20.8 Å². The van der Waals surface area contributed by atoms with Crippen molar-refractivity contribution in [3.05, 3.63) is 0 Å². The molecule has 0 fully saturated rings. The molecule has 84 valence electrons. The van der Waals surface area contributed by atoms with E-state index in [4.69, 9.17) is 0 Å². The van der Waals surface area contributed by atoms with Gasteiger partial charge in [0.25, 0.3) is 0 Å². The van der Waals surface area contributed by atoms with Gasteiger partial charge in [-0.15, -0.1) is 0 Å². The lowest BCUT2D eigenvalue weighted by Gasteiger charge is -2.12. The van der Waals surface area contributed by atoms with Crippen LogP contribution in [-0.4, -0.2) is 36.2 Å². The van der Waals surface area contributed by atoms with Crippen molar-refractivity contribution in [2.75, 3.05) is 13.1 Å². The maximum Gasteiger partial charge on any atom is 0.234 e. The summed E-state index contributed by atoms with van der Waals surface area (Å²) in [5.41, 5.74) is 0. The quantitative estimate of drug-likeness (QED) is 0.555. The van der Waals surface area contributed by atoms with Gasteiger partial charge in [0.05, 0.1) is 12.6 Å². The Morgan fingerprint density at radius 2 is 2.07 bits per heavy atom. The van der Waals surface area contributed by atoms with Crippen molar-refractivity contribution in [3.8, 4) is 0 Å². The Morgan fingerprint density at radius 1 is 1.43 bits per heavy atom. The van der Waals surface area contributed by atoms with Gasteiger partial charge in [0.15, 0.2) is 0 Å². The van der Waals surface area contributed by atoms with E-state index in [-0.39, 0.29) is 5.91 Å². The minimum absolute atomic E-state index is 0.0612. The van der Waals surface area contributed by atoms with Gasteiger partial charge in [0, 0.05) is 12.6 Å². The number of amides is 1. The Morgan fingerprint density at radius 3 is 2.57 bits per heavy atom. The predicted octanol–water partition coefficient (Wildman–Crippen LogP) is 0.262. The fraction of sp³-hybridized carbons (Fsp3) is 0.900. The molecule has 4 nitrogen and oxygen atoms in total. The maximum absolute atomic E-state index is 11.2. The van der Waals surface area contributed by atoms with Crippen molar-refractivity contribution in [3.63, 3.8) is 0 Å². The fourth-order valence-corrected chi connectivity index (χ4v) is 1.03. The van der Waals surface area contributed by atoms with Crippen molar-refractivity contribution in [1.82, 2.24) is 10.6 Å². The summed E-state index contributed by atoms with van der Waals surface area (Å²) >= 11 is 0. The first-order chi connectivity index (χ1) is 6.56. The highest BCUT2D eigenvalue weighted by molar-refractivity contribution is 5.78. The largest absolute Gasteiger partial charge is 0.391 e. The van der Waals surface area contributed by atoms with Crippen molar-refractivity contribution < 1.29 is 9.90 Å². The number of aliphatic hydroxyl groups is 1. The van der Waals surface area contributed by atoms with E-state index in [1.54, 1.807) is 0 Å². The molecule has 0 aromatic carbocycles. The van der Waals surface area contributed by atoms with Crippen LogP contribution in [0.25, 0.3) is 0 Å². The molecule has 0 radical (unpaired) electrons. The molecule has 1 atom stereocenters. The van der Waals surface area contributed by atoms with E-state index < -0.39 is 6.10 Å². The summed E-state index contributed by atoms with van der Waals surface area (Å²) in [7, 11) is 0. The first-order valence-corrected chi connectivity index (χ1v) is 5.24. The van der Waals surface area contributed by atoms with E-state index in [2.05, 4.69) is 10.6 Å². The molecule has 0 saturated carbocycles. The molecule has 0 aliphatic rings. The van der Waals surface area contributed by atoms with Crippen LogP contribution in [0.5, 0.6) is 0 Å². The third-order valence-electron chi connectivity index (χ3n) is 1.83. The zero-order chi connectivity index (χ0) is 11.0. The van der Waals surface area contributed by atoms with Gasteiger partial charge in [-0.25, -0.2) is 0 Å². The summed E-state index contributed by atoms with van der Waals surface area (Å²) in [6.07, 6.45) is 1.25. The number of carbonyl (C=O) groups is 1.